The predicted octanol–water partition coefficient (Wildman–Crippen LogP) is 4.79. The third-order valence-electron chi connectivity index (χ3n) is 4.92. The molecule has 0 amide bonds. The van der Waals surface area contributed by atoms with Crippen LogP contribution >= 0.6 is 0 Å². The second-order valence-corrected chi connectivity index (χ2v) is 6.82. The average Bonchev–Trinajstić information content (AvgIpc) is 3.18. The van der Waals surface area contributed by atoms with Crippen LogP contribution < -0.4 is 4.84 Å². The highest BCUT2D eigenvalue weighted by atomic mass is 16.7. The molecule has 0 spiro atoms. The van der Waals surface area contributed by atoms with E-state index in [0.29, 0.717) is 23.4 Å². The molecule has 0 unspecified atom stereocenters. The first-order valence-electron chi connectivity index (χ1n) is 9.39. The van der Waals surface area contributed by atoms with Gasteiger partial charge < -0.3 is 4.84 Å². The van der Waals surface area contributed by atoms with Gasteiger partial charge >= 0.3 is 0 Å². The number of aromatic nitrogens is 3. The van der Waals surface area contributed by atoms with Crippen LogP contribution in [0.3, 0.4) is 0 Å². The Morgan fingerprint density at radius 2 is 1.77 bits per heavy atom. The van der Waals surface area contributed by atoms with Gasteiger partial charge in [0.15, 0.2) is 0 Å². The zero-order valence-electron chi connectivity index (χ0n) is 15.8. The van der Waals surface area contributed by atoms with Crippen molar-refractivity contribution in [3.63, 3.8) is 0 Å². The fraction of sp³-hybridized carbons (Fsp3) is 0.0435. The van der Waals surface area contributed by atoms with Crippen molar-refractivity contribution in [2.75, 3.05) is 0 Å². The zero-order valence-corrected chi connectivity index (χ0v) is 15.8. The molecule has 7 heteroatoms. The van der Waals surface area contributed by atoms with Gasteiger partial charge in [-0.05, 0) is 11.6 Å². The van der Waals surface area contributed by atoms with Crippen LogP contribution in [0.1, 0.15) is 5.56 Å². The lowest BCUT2D eigenvalue weighted by atomic mass is 10.0. The molecular weight excluding hydrogens is 380 g/mol. The van der Waals surface area contributed by atoms with Gasteiger partial charge in [-0.15, -0.1) is 5.10 Å². The summed E-state index contributed by atoms with van der Waals surface area (Å²) in [7, 11) is 0. The number of hydrogen-bond acceptors (Lipinski definition) is 5. The van der Waals surface area contributed by atoms with Crippen LogP contribution in [0, 0.1) is 10.1 Å². The minimum atomic E-state index is -0.408. The van der Waals surface area contributed by atoms with Crippen LogP contribution in [0.4, 0.5) is 5.69 Å². The molecule has 2 aromatic heterocycles. The van der Waals surface area contributed by atoms with Crippen LogP contribution in [0.25, 0.3) is 33.1 Å². The van der Waals surface area contributed by atoms with E-state index in [2.05, 4.69) is 10.1 Å². The molecule has 0 N–H and O–H groups in total. The number of pyridine rings is 1. The van der Waals surface area contributed by atoms with Crippen molar-refractivity contribution in [1.82, 2.24) is 14.9 Å². The van der Waals surface area contributed by atoms with E-state index >= 15 is 0 Å². The van der Waals surface area contributed by atoms with Gasteiger partial charge in [-0.3, -0.25) is 15.1 Å². The van der Waals surface area contributed by atoms with Crippen molar-refractivity contribution in [3.05, 3.63) is 101 Å². The third-order valence-corrected chi connectivity index (χ3v) is 4.92. The predicted molar refractivity (Wildman–Crippen MR) is 114 cm³/mol. The lowest BCUT2D eigenvalue weighted by molar-refractivity contribution is -0.384. The van der Waals surface area contributed by atoms with Crippen molar-refractivity contribution in [1.29, 1.82) is 0 Å². The van der Waals surface area contributed by atoms with Gasteiger partial charge in [-0.25, -0.2) is 0 Å². The lowest BCUT2D eigenvalue weighted by Gasteiger charge is -2.06. The third kappa shape index (κ3) is 3.12. The number of non-ortho nitro benzene ring substituents is 1. The van der Waals surface area contributed by atoms with Crippen molar-refractivity contribution >= 4 is 27.5 Å². The summed E-state index contributed by atoms with van der Waals surface area (Å²) in [5, 5.41) is 17.7. The molecule has 0 atom stereocenters. The minimum Gasteiger partial charge on any atom is -0.391 e. The van der Waals surface area contributed by atoms with E-state index < -0.39 is 4.92 Å². The maximum atomic E-state index is 11.3. The molecule has 5 aromatic rings. The van der Waals surface area contributed by atoms with Gasteiger partial charge in [0.25, 0.3) is 5.69 Å². The van der Waals surface area contributed by atoms with E-state index in [0.717, 1.165) is 21.9 Å². The quantitative estimate of drug-likeness (QED) is 0.315. The second kappa shape index (κ2) is 7.29. The molecular formula is C23H16N4O3. The number of hydrogen-bond donors (Lipinski definition) is 0. The number of rotatable bonds is 5. The van der Waals surface area contributed by atoms with E-state index in [9.17, 15) is 10.1 Å². The Hall–Kier alpha value is -4.26. The first-order chi connectivity index (χ1) is 14.7. The van der Waals surface area contributed by atoms with Gasteiger partial charge in [0, 0.05) is 28.5 Å². The molecule has 0 radical (unpaired) electrons. The highest BCUT2D eigenvalue weighted by molar-refractivity contribution is 6.11. The molecule has 0 fully saturated rings. The van der Waals surface area contributed by atoms with E-state index in [-0.39, 0.29) is 5.69 Å². The van der Waals surface area contributed by atoms with Crippen molar-refractivity contribution in [2.45, 2.75) is 6.61 Å². The van der Waals surface area contributed by atoms with Gasteiger partial charge in [-0.1, -0.05) is 65.5 Å². The SMILES string of the molecule is O=[N+]([O-])c1cccc(-c2nn(OCc3ccccc3)c3cnc4ccccc4c23)c1. The van der Waals surface area contributed by atoms with Crippen molar-refractivity contribution < 1.29 is 9.76 Å². The maximum Gasteiger partial charge on any atom is 0.270 e. The molecule has 0 aliphatic heterocycles. The summed E-state index contributed by atoms with van der Waals surface area (Å²) in [5.41, 5.74) is 3.80. The Labute approximate surface area is 171 Å². The highest BCUT2D eigenvalue weighted by Gasteiger charge is 2.18. The molecule has 2 heterocycles. The smallest absolute Gasteiger partial charge is 0.270 e. The fourth-order valence-electron chi connectivity index (χ4n) is 3.50. The van der Waals surface area contributed by atoms with Gasteiger partial charge in [0.05, 0.1) is 16.6 Å². The Morgan fingerprint density at radius 3 is 2.60 bits per heavy atom. The Balaban J connectivity index is 1.70. The van der Waals surface area contributed by atoms with E-state index in [1.165, 1.54) is 17.0 Å². The summed E-state index contributed by atoms with van der Waals surface area (Å²) < 4.78 is 0. The second-order valence-electron chi connectivity index (χ2n) is 6.82. The lowest BCUT2D eigenvalue weighted by Crippen LogP contribution is -2.12. The normalized spacial score (nSPS) is 11.1. The molecule has 0 saturated heterocycles. The molecule has 0 aliphatic carbocycles. The molecule has 0 bridgehead atoms. The van der Waals surface area contributed by atoms with Crippen LogP contribution in [-0.4, -0.2) is 19.9 Å². The number of nitrogens with zero attached hydrogens (tertiary/aromatic N) is 4. The molecule has 146 valence electrons. The summed E-state index contributed by atoms with van der Waals surface area (Å²) in [6.07, 6.45) is 1.72. The van der Waals surface area contributed by atoms with Gasteiger partial charge in [0.1, 0.15) is 17.8 Å². The molecule has 5 rings (SSSR count). The Morgan fingerprint density at radius 1 is 0.967 bits per heavy atom. The largest absolute Gasteiger partial charge is 0.391 e. The summed E-state index contributed by atoms with van der Waals surface area (Å²) in [6.45, 7) is 0.332. The zero-order chi connectivity index (χ0) is 20.5. The summed E-state index contributed by atoms with van der Waals surface area (Å²) in [5.74, 6) is 0. The molecule has 30 heavy (non-hydrogen) atoms. The summed E-state index contributed by atoms with van der Waals surface area (Å²) in [6, 6.07) is 24.0. The summed E-state index contributed by atoms with van der Waals surface area (Å²) in [4.78, 5) is 22.8. The standard InChI is InChI=1S/C23H16N4O3/c28-27(29)18-10-6-9-17(13-18)23-22-19-11-4-5-12-20(19)24-14-21(22)26(25-23)30-15-16-7-2-1-3-8-16/h1-14H,15H2. The van der Waals surface area contributed by atoms with Crippen molar-refractivity contribution in [2.24, 2.45) is 0 Å². The topological polar surface area (TPSA) is 83.1 Å². The van der Waals surface area contributed by atoms with Crippen LogP contribution in [-0.2, 0) is 6.61 Å². The van der Waals surface area contributed by atoms with E-state index in [4.69, 9.17) is 4.84 Å². The van der Waals surface area contributed by atoms with Gasteiger partial charge in [-0.2, -0.15) is 0 Å². The minimum absolute atomic E-state index is 0.0127. The Bertz CT molecular complexity index is 1380. The highest BCUT2D eigenvalue weighted by Crippen LogP contribution is 2.34. The molecule has 0 saturated carbocycles. The van der Waals surface area contributed by atoms with Crippen molar-refractivity contribution in [3.8, 4) is 11.3 Å². The maximum absolute atomic E-state index is 11.3. The summed E-state index contributed by atoms with van der Waals surface area (Å²) >= 11 is 0. The van der Waals surface area contributed by atoms with Crippen LogP contribution in [0.15, 0.2) is 85.1 Å². The number of nitro groups is 1. The van der Waals surface area contributed by atoms with Gasteiger partial charge in [0.2, 0.25) is 0 Å². The van der Waals surface area contributed by atoms with Crippen LogP contribution in [0.2, 0.25) is 0 Å². The average molecular weight is 396 g/mol. The number of nitro benzene ring substituents is 1. The first kappa shape index (κ1) is 17.8. The van der Waals surface area contributed by atoms with E-state index in [1.54, 1.807) is 12.3 Å². The molecule has 7 nitrogen and oxygen atoms in total. The number of para-hydroxylation sites is 1. The molecule has 3 aromatic carbocycles. The number of fused-ring (bicyclic) bond motifs is 3. The first-order valence-corrected chi connectivity index (χ1v) is 9.39. The van der Waals surface area contributed by atoms with E-state index in [1.807, 2.05) is 60.7 Å². The molecule has 0 aliphatic rings. The monoisotopic (exact) mass is 396 g/mol. The Kier molecular flexibility index (Phi) is 4.33. The number of benzene rings is 3. The van der Waals surface area contributed by atoms with Crippen LogP contribution in [0.5, 0.6) is 0 Å². The fourth-order valence-corrected chi connectivity index (χ4v) is 3.50.